The largest absolute Gasteiger partial charge is 0.198 e. The summed E-state index contributed by atoms with van der Waals surface area (Å²) in [5.74, 6) is 2.24. The number of nitrogens with zero attached hydrogens (tertiary/aromatic N) is 1. The van der Waals surface area contributed by atoms with E-state index in [1.165, 1.54) is 31.2 Å². The minimum absolute atomic E-state index is 0.496. The summed E-state index contributed by atoms with van der Waals surface area (Å²) in [5, 5.41) is 8.88. The fourth-order valence-electron chi connectivity index (χ4n) is 3.22. The molecule has 2 aliphatic rings. The Morgan fingerprint density at radius 3 is 2.50 bits per heavy atom. The van der Waals surface area contributed by atoms with Crippen LogP contribution in [0.2, 0.25) is 0 Å². The average Bonchev–Trinajstić information content (AvgIpc) is 3.14. The van der Waals surface area contributed by atoms with Crippen LogP contribution in [0.15, 0.2) is 24.3 Å². The van der Waals surface area contributed by atoms with Crippen LogP contribution in [0.25, 0.3) is 0 Å². The molecule has 0 spiro atoms. The Hall–Kier alpha value is -1.29. The topological polar surface area (TPSA) is 23.8 Å². The zero-order chi connectivity index (χ0) is 11.0. The summed E-state index contributed by atoms with van der Waals surface area (Å²) in [6.07, 6.45) is 6.04. The molecular formula is C15H17N. The third-order valence-corrected chi connectivity index (χ3v) is 4.19. The Balaban J connectivity index is 1.96. The Morgan fingerprint density at radius 2 is 1.81 bits per heavy atom. The van der Waals surface area contributed by atoms with Crippen LogP contribution in [0.4, 0.5) is 0 Å². The van der Waals surface area contributed by atoms with E-state index >= 15 is 0 Å². The van der Waals surface area contributed by atoms with Crippen molar-refractivity contribution in [1.29, 1.82) is 5.26 Å². The van der Waals surface area contributed by atoms with Crippen molar-refractivity contribution in [2.45, 2.75) is 43.9 Å². The molecular weight excluding hydrogens is 194 g/mol. The Bertz CT molecular complexity index is 425. The summed E-state index contributed by atoms with van der Waals surface area (Å²) < 4.78 is 0. The first-order valence-electron chi connectivity index (χ1n) is 6.36. The molecule has 0 bridgehead atoms. The zero-order valence-corrected chi connectivity index (χ0v) is 9.52. The summed E-state index contributed by atoms with van der Waals surface area (Å²) in [6, 6.07) is 11.2. The molecule has 82 valence electrons. The molecule has 2 aliphatic carbocycles. The van der Waals surface area contributed by atoms with Crippen LogP contribution in [0.1, 0.15) is 55.1 Å². The summed E-state index contributed by atoms with van der Waals surface area (Å²) in [5.41, 5.74) is 3.02. The molecule has 1 fully saturated rings. The van der Waals surface area contributed by atoms with Crippen LogP contribution in [0, 0.1) is 17.2 Å². The maximum absolute atomic E-state index is 8.88. The highest BCUT2D eigenvalue weighted by molar-refractivity contribution is 5.37. The SMILES string of the molecule is N#CCC1CCC(C2CC2)c2ccccc21. The second-order valence-corrected chi connectivity index (χ2v) is 5.21. The second-order valence-electron chi connectivity index (χ2n) is 5.21. The predicted octanol–water partition coefficient (Wildman–Crippen LogP) is 3.97. The Kier molecular flexibility index (Phi) is 2.44. The number of benzene rings is 1. The lowest BCUT2D eigenvalue weighted by Crippen LogP contribution is -2.15. The Labute approximate surface area is 97.1 Å². The summed E-state index contributed by atoms with van der Waals surface area (Å²) in [6.45, 7) is 0. The summed E-state index contributed by atoms with van der Waals surface area (Å²) in [7, 11) is 0. The highest BCUT2D eigenvalue weighted by Crippen LogP contribution is 2.51. The number of rotatable bonds is 2. The van der Waals surface area contributed by atoms with E-state index in [1.807, 2.05) is 0 Å². The van der Waals surface area contributed by atoms with E-state index in [0.29, 0.717) is 12.3 Å². The van der Waals surface area contributed by atoms with Crippen molar-refractivity contribution in [2.24, 2.45) is 5.92 Å². The molecule has 1 saturated carbocycles. The molecule has 0 saturated heterocycles. The van der Waals surface area contributed by atoms with Crippen LogP contribution in [0.3, 0.4) is 0 Å². The van der Waals surface area contributed by atoms with E-state index in [2.05, 4.69) is 30.3 Å². The molecule has 0 aliphatic heterocycles. The van der Waals surface area contributed by atoms with E-state index < -0.39 is 0 Å². The first-order valence-corrected chi connectivity index (χ1v) is 6.36. The molecule has 1 heteroatoms. The molecule has 2 unspecified atom stereocenters. The van der Waals surface area contributed by atoms with Crippen molar-refractivity contribution in [2.75, 3.05) is 0 Å². The molecule has 0 heterocycles. The van der Waals surface area contributed by atoms with E-state index in [1.54, 1.807) is 5.56 Å². The maximum atomic E-state index is 8.88. The van der Waals surface area contributed by atoms with Gasteiger partial charge in [-0.15, -0.1) is 0 Å². The monoisotopic (exact) mass is 211 g/mol. The molecule has 0 amide bonds. The van der Waals surface area contributed by atoms with Crippen molar-refractivity contribution in [3.05, 3.63) is 35.4 Å². The van der Waals surface area contributed by atoms with Gasteiger partial charge in [0.1, 0.15) is 0 Å². The van der Waals surface area contributed by atoms with E-state index in [4.69, 9.17) is 5.26 Å². The van der Waals surface area contributed by atoms with Gasteiger partial charge in [-0.3, -0.25) is 0 Å². The van der Waals surface area contributed by atoms with Crippen LogP contribution in [-0.2, 0) is 0 Å². The van der Waals surface area contributed by atoms with Gasteiger partial charge in [-0.2, -0.15) is 5.26 Å². The van der Waals surface area contributed by atoms with Crippen molar-refractivity contribution >= 4 is 0 Å². The minimum Gasteiger partial charge on any atom is -0.198 e. The normalized spacial score (nSPS) is 28.2. The Morgan fingerprint density at radius 1 is 1.06 bits per heavy atom. The maximum Gasteiger partial charge on any atom is 0.0628 e. The lowest BCUT2D eigenvalue weighted by atomic mass is 9.74. The van der Waals surface area contributed by atoms with Crippen LogP contribution >= 0.6 is 0 Å². The molecule has 2 atom stereocenters. The molecule has 16 heavy (non-hydrogen) atoms. The molecule has 0 aromatic heterocycles. The standard InChI is InChI=1S/C15H17N/c16-10-9-12-7-8-14(11-5-6-11)15-4-2-1-3-13(12)15/h1-4,11-12,14H,5-9H2. The molecule has 1 aromatic rings. The van der Waals surface area contributed by atoms with Gasteiger partial charge in [0.05, 0.1) is 6.07 Å². The zero-order valence-electron chi connectivity index (χ0n) is 9.52. The van der Waals surface area contributed by atoms with Gasteiger partial charge in [0.25, 0.3) is 0 Å². The minimum atomic E-state index is 0.496. The van der Waals surface area contributed by atoms with E-state index in [0.717, 1.165) is 11.8 Å². The first-order chi connectivity index (χ1) is 7.90. The molecule has 0 radical (unpaired) electrons. The number of nitriles is 1. The van der Waals surface area contributed by atoms with E-state index in [9.17, 15) is 0 Å². The lowest BCUT2D eigenvalue weighted by molar-refractivity contribution is 0.453. The quantitative estimate of drug-likeness (QED) is 0.726. The number of fused-ring (bicyclic) bond motifs is 1. The van der Waals surface area contributed by atoms with E-state index in [-0.39, 0.29) is 0 Å². The van der Waals surface area contributed by atoms with Crippen molar-refractivity contribution < 1.29 is 0 Å². The highest BCUT2D eigenvalue weighted by Gasteiger charge is 2.36. The van der Waals surface area contributed by atoms with Gasteiger partial charge in [0, 0.05) is 6.42 Å². The summed E-state index contributed by atoms with van der Waals surface area (Å²) >= 11 is 0. The third-order valence-electron chi connectivity index (χ3n) is 4.19. The predicted molar refractivity (Wildman–Crippen MR) is 64.1 cm³/mol. The van der Waals surface area contributed by atoms with Crippen LogP contribution in [-0.4, -0.2) is 0 Å². The molecule has 0 N–H and O–H groups in total. The molecule has 1 nitrogen and oxygen atoms in total. The fraction of sp³-hybridized carbons (Fsp3) is 0.533. The molecule has 1 aromatic carbocycles. The van der Waals surface area contributed by atoms with Gasteiger partial charge in [-0.05, 0) is 54.6 Å². The van der Waals surface area contributed by atoms with Crippen LogP contribution in [0.5, 0.6) is 0 Å². The fourth-order valence-corrected chi connectivity index (χ4v) is 3.22. The van der Waals surface area contributed by atoms with Crippen LogP contribution < -0.4 is 0 Å². The lowest BCUT2D eigenvalue weighted by Gasteiger charge is -2.30. The van der Waals surface area contributed by atoms with Gasteiger partial charge < -0.3 is 0 Å². The van der Waals surface area contributed by atoms with Crippen molar-refractivity contribution in [3.8, 4) is 6.07 Å². The van der Waals surface area contributed by atoms with Gasteiger partial charge in [-0.25, -0.2) is 0 Å². The van der Waals surface area contributed by atoms with Crippen molar-refractivity contribution in [1.82, 2.24) is 0 Å². The first kappa shape index (κ1) is 9.90. The number of hydrogen-bond donors (Lipinski definition) is 0. The second kappa shape index (κ2) is 3.94. The van der Waals surface area contributed by atoms with Gasteiger partial charge >= 0.3 is 0 Å². The molecule has 3 rings (SSSR count). The van der Waals surface area contributed by atoms with Gasteiger partial charge in [-0.1, -0.05) is 24.3 Å². The number of hydrogen-bond acceptors (Lipinski definition) is 1. The van der Waals surface area contributed by atoms with Crippen molar-refractivity contribution in [3.63, 3.8) is 0 Å². The summed E-state index contributed by atoms with van der Waals surface area (Å²) in [4.78, 5) is 0. The highest BCUT2D eigenvalue weighted by atomic mass is 14.4. The third kappa shape index (κ3) is 1.63. The van der Waals surface area contributed by atoms with Gasteiger partial charge in [0.2, 0.25) is 0 Å². The average molecular weight is 211 g/mol. The smallest absolute Gasteiger partial charge is 0.0628 e. The van der Waals surface area contributed by atoms with Gasteiger partial charge in [0.15, 0.2) is 0 Å².